The van der Waals surface area contributed by atoms with Gasteiger partial charge in [0.2, 0.25) is 0 Å². The number of non-ortho nitro benzene ring substituents is 1. The zero-order valence-corrected chi connectivity index (χ0v) is 9.46. The van der Waals surface area contributed by atoms with E-state index in [2.05, 4.69) is 15.9 Å². The van der Waals surface area contributed by atoms with Gasteiger partial charge in [-0.15, -0.1) is 0 Å². The van der Waals surface area contributed by atoms with Gasteiger partial charge in [-0.25, -0.2) is 0 Å². The van der Waals surface area contributed by atoms with Crippen molar-refractivity contribution in [3.8, 4) is 0 Å². The Morgan fingerprint density at radius 3 is 2.31 bits per heavy atom. The fourth-order valence-electron chi connectivity index (χ4n) is 0.695. The first kappa shape index (κ1) is 12.1. The highest BCUT2D eigenvalue weighted by Crippen LogP contribution is 2.21. The molecule has 0 aliphatic carbocycles. The number of aryl methyl sites for hydroxylation is 1. The van der Waals surface area contributed by atoms with Crippen LogP contribution in [0.25, 0.3) is 0 Å². The van der Waals surface area contributed by atoms with Gasteiger partial charge in [0.25, 0.3) is 5.69 Å². The molecule has 1 aromatic rings. The van der Waals surface area contributed by atoms with Gasteiger partial charge in [-0.2, -0.15) is 0 Å². The largest absolute Gasteiger partial charge is 0.270 e. The van der Waals surface area contributed by atoms with E-state index in [1.165, 1.54) is 12.1 Å². The van der Waals surface area contributed by atoms with Crippen LogP contribution in [0.3, 0.4) is 0 Å². The molecule has 0 saturated carbocycles. The minimum absolute atomic E-state index is 0.113. The van der Waals surface area contributed by atoms with E-state index in [0.717, 1.165) is 10.0 Å². The van der Waals surface area contributed by atoms with E-state index in [-0.39, 0.29) is 5.69 Å². The summed E-state index contributed by atoms with van der Waals surface area (Å²) in [6.07, 6.45) is 0. The van der Waals surface area contributed by atoms with Crippen molar-refractivity contribution in [1.82, 2.24) is 0 Å². The first-order valence-corrected chi connectivity index (χ1v) is 4.81. The Balaban J connectivity index is 0.000000671. The maximum absolute atomic E-state index is 10.2. The van der Waals surface area contributed by atoms with Crippen LogP contribution in [0, 0.1) is 17.0 Å². The van der Waals surface area contributed by atoms with Gasteiger partial charge in [0, 0.05) is 16.6 Å². The molecule has 13 heavy (non-hydrogen) atoms. The molecule has 0 aliphatic rings. The molecule has 0 aromatic heterocycles. The maximum atomic E-state index is 10.2. The highest BCUT2D eigenvalue weighted by atomic mass is 79.9. The van der Waals surface area contributed by atoms with E-state index in [0.29, 0.717) is 0 Å². The van der Waals surface area contributed by atoms with Crippen molar-refractivity contribution in [3.63, 3.8) is 0 Å². The summed E-state index contributed by atoms with van der Waals surface area (Å²) >= 11 is 3.21. The highest BCUT2D eigenvalue weighted by Gasteiger charge is 2.05. The molecule has 0 heterocycles. The van der Waals surface area contributed by atoms with E-state index in [4.69, 9.17) is 0 Å². The van der Waals surface area contributed by atoms with Crippen LogP contribution in [0.5, 0.6) is 0 Å². The molecule has 0 unspecified atom stereocenters. The number of hydrogen-bond donors (Lipinski definition) is 0. The lowest BCUT2D eigenvalue weighted by molar-refractivity contribution is -0.384. The molecule has 4 heteroatoms. The van der Waals surface area contributed by atoms with Gasteiger partial charge in [-0.3, -0.25) is 10.1 Å². The van der Waals surface area contributed by atoms with E-state index in [9.17, 15) is 10.1 Å². The zero-order valence-electron chi connectivity index (χ0n) is 7.87. The fraction of sp³-hybridized carbons (Fsp3) is 0.333. The third kappa shape index (κ3) is 3.55. The second-order valence-electron chi connectivity index (χ2n) is 2.19. The lowest BCUT2D eigenvalue weighted by Crippen LogP contribution is -1.87. The first-order chi connectivity index (χ1) is 6.11. The normalized spacial score (nSPS) is 8.62. The monoisotopic (exact) mass is 245 g/mol. The summed E-state index contributed by atoms with van der Waals surface area (Å²) in [5, 5.41) is 10.2. The number of nitro benzene ring substituents is 1. The summed E-state index contributed by atoms with van der Waals surface area (Å²) in [6.45, 7) is 5.88. The third-order valence-electron chi connectivity index (χ3n) is 1.37. The van der Waals surface area contributed by atoms with Crippen LogP contribution < -0.4 is 0 Å². The molecule has 0 atom stereocenters. The molecular formula is C9H12BrNO2. The summed E-state index contributed by atoms with van der Waals surface area (Å²) in [4.78, 5) is 9.84. The van der Waals surface area contributed by atoms with Crippen molar-refractivity contribution in [3.05, 3.63) is 38.3 Å². The molecule has 0 aliphatic heterocycles. The predicted octanol–water partition coefficient (Wildman–Crippen LogP) is 3.69. The number of nitro groups is 1. The van der Waals surface area contributed by atoms with Crippen LogP contribution in [0.1, 0.15) is 19.4 Å². The molecule has 1 rings (SSSR count). The van der Waals surface area contributed by atoms with Crippen LogP contribution in [0.2, 0.25) is 0 Å². The van der Waals surface area contributed by atoms with E-state index in [1.54, 1.807) is 6.07 Å². The SMILES string of the molecule is CC.Cc1ccc([N+](=O)[O-])cc1Br. The van der Waals surface area contributed by atoms with Crippen molar-refractivity contribution >= 4 is 21.6 Å². The maximum Gasteiger partial charge on any atom is 0.270 e. The predicted molar refractivity (Wildman–Crippen MR) is 56.9 cm³/mol. The zero-order chi connectivity index (χ0) is 10.4. The lowest BCUT2D eigenvalue weighted by atomic mass is 10.2. The number of rotatable bonds is 1. The first-order valence-electron chi connectivity index (χ1n) is 4.02. The summed E-state index contributed by atoms with van der Waals surface area (Å²) in [5.74, 6) is 0. The van der Waals surface area contributed by atoms with Crippen molar-refractivity contribution < 1.29 is 4.92 Å². The van der Waals surface area contributed by atoms with Gasteiger partial charge in [-0.05, 0) is 12.5 Å². The summed E-state index contributed by atoms with van der Waals surface area (Å²) in [7, 11) is 0. The van der Waals surface area contributed by atoms with Crippen LogP contribution in [-0.2, 0) is 0 Å². The minimum Gasteiger partial charge on any atom is -0.258 e. The van der Waals surface area contributed by atoms with Crippen LogP contribution in [0.4, 0.5) is 5.69 Å². The van der Waals surface area contributed by atoms with Gasteiger partial charge in [0.1, 0.15) is 0 Å². The van der Waals surface area contributed by atoms with Crippen LogP contribution in [0.15, 0.2) is 22.7 Å². The molecule has 72 valence electrons. The average Bonchev–Trinajstić information content (AvgIpc) is 2.13. The second-order valence-corrected chi connectivity index (χ2v) is 3.04. The van der Waals surface area contributed by atoms with Crippen molar-refractivity contribution in [2.45, 2.75) is 20.8 Å². The highest BCUT2D eigenvalue weighted by molar-refractivity contribution is 9.10. The van der Waals surface area contributed by atoms with E-state index in [1.807, 2.05) is 20.8 Å². The lowest BCUT2D eigenvalue weighted by Gasteiger charge is -1.95. The third-order valence-corrected chi connectivity index (χ3v) is 2.22. The summed E-state index contributed by atoms with van der Waals surface area (Å²) in [6, 6.07) is 4.69. The fourth-order valence-corrected chi connectivity index (χ4v) is 1.06. The topological polar surface area (TPSA) is 43.1 Å². The summed E-state index contributed by atoms with van der Waals surface area (Å²) < 4.78 is 0.770. The van der Waals surface area contributed by atoms with Crippen LogP contribution in [-0.4, -0.2) is 4.92 Å². The number of halogens is 1. The molecule has 3 nitrogen and oxygen atoms in total. The standard InChI is InChI=1S/C7H6BrNO2.C2H6/c1-5-2-3-6(9(10)11)4-7(5)8;1-2/h2-4H,1H3;1-2H3. The minimum atomic E-state index is -0.412. The molecular weight excluding hydrogens is 234 g/mol. The van der Waals surface area contributed by atoms with Crippen molar-refractivity contribution in [2.24, 2.45) is 0 Å². The Kier molecular flexibility index (Phi) is 5.30. The number of hydrogen-bond acceptors (Lipinski definition) is 2. The quantitative estimate of drug-likeness (QED) is 0.560. The molecule has 0 spiro atoms. The van der Waals surface area contributed by atoms with Gasteiger partial charge in [-0.1, -0.05) is 35.8 Å². The van der Waals surface area contributed by atoms with Gasteiger partial charge in [0.05, 0.1) is 4.92 Å². The molecule has 0 N–H and O–H groups in total. The molecule has 0 radical (unpaired) electrons. The Labute approximate surface area is 86.1 Å². The molecule has 0 saturated heterocycles. The van der Waals surface area contributed by atoms with Gasteiger partial charge >= 0.3 is 0 Å². The smallest absolute Gasteiger partial charge is 0.258 e. The van der Waals surface area contributed by atoms with Gasteiger partial charge in [0.15, 0.2) is 0 Å². The van der Waals surface area contributed by atoms with E-state index < -0.39 is 4.92 Å². The Morgan fingerprint density at radius 1 is 1.38 bits per heavy atom. The van der Waals surface area contributed by atoms with E-state index >= 15 is 0 Å². The van der Waals surface area contributed by atoms with Gasteiger partial charge < -0.3 is 0 Å². The van der Waals surface area contributed by atoms with Crippen molar-refractivity contribution in [2.75, 3.05) is 0 Å². The second kappa shape index (κ2) is 5.70. The molecule has 0 amide bonds. The molecule has 0 bridgehead atoms. The average molecular weight is 246 g/mol. The Hall–Kier alpha value is -0.900. The summed E-state index contributed by atoms with van der Waals surface area (Å²) in [5.41, 5.74) is 1.11. The number of benzene rings is 1. The van der Waals surface area contributed by atoms with Crippen LogP contribution >= 0.6 is 15.9 Å². The number of nitrogens with zero attached hydrogens (tertiary/aromatic N) is 1. The Morgan fingerprint density at radius 2 is 1.92 bits per heavy atom. The Bertz CT molecular complexity index is 300. The molecule has 1 aromatic carbocycles. The van der Waals surface area contributed by atoms with Crippen molar-refractivity contribution in [1.29, 1.82) is 0 Å². The molecule has 0 fully saturated rings.